The fourth-order valence-electron chi connectivity index (χ4n) is 6.24. The third kappa shape index (κ3) is 4.80. The summed E-state index contributed by atoms with van der Waals surface area (Å²) in [6.45, 7) is 0.161. The summed E-state index contributed by atoms with van der Waals surface area (Å²) in [5.41, 5.74) is -0.667. The van der Waals surface area contributed by atoms with Crippen molar-refractivity contribution >= 4 is 29.2 Å². The molecule has 3 aromatic rings. The normalized spacial score (nSPS) is 26.4. The number of fused-ring (bicyclic) bond motifs is 2. The van der Waals surface area contributed by atoms with Gasteiger partial charge in [0.25, 0.3) is 0 Å². The zero-order chi connectivity index (χ0) is 28.4. The Labute approximate surface area is 236 Å². The first kappa shape index (κ1) is 27.6. The highest BCUT2D eigenvalue weighted by Crippen LogP contribution is 2.56. The Morgan fingerprint density at radius 2 is 1.77 bits per heavy atom. The standard InChI is InChI=1S/C27H25Cl2F3N2O6/c28-17-2-1-3-18(29)21(17)22-16(23(40-34-22)12-4-5-12)11-38-15-8-13-6-7-14(9-15)26(13,37)25-33-19(10-20(35)36)24(39-25)27(30,31)32/h1-3,12-15,37H,4-11H2,(H,35,36)/t13-,14+,15+,26-. The van der Waals surface area contributed by atoms with Gasteiger partial charge in [-0.1, -0.05) is 34.4 Å². The zero-order valence-electron chi connectivity index (χ0n) is 21.0. The maximum atomic E-state index is 13.6. The number of carbonyl (C=O) groups is 1. The number of hydrogen-bond donors (Lipinski definition) is 2. The molecule has 3 aliphatic carbocycles. The number of carboxylic acid groups (broad SMARTS) is 1. The molecule has 1 aromatic carbocycles. The van der Waals surface area contributed by atoms with Gasteiger partial charge in [-0.15, -0.1) is 0 Å². The lowest BCUT2D eigenvalue weighted by atomic mass is 9.73. The maximum Gasteiger partial charge on any atom is 0.451 e. The van der Waals surface area contributed by atoms with Gasteiger partial charge in [0.05, 0.1) is 29.2 Å². The fourth-order valence-corrected chi connectivity index (χ4v) is 6.82. The molecule has 0 spiro atoms. The van der Waals surface area contributed by atoms with Crippen LogP contribution >= 0.6 is 23.2 Å². The van der Waals surface area contributed by atoms with Gasteiger partial charge >= 0.3 is 12.1 Å². The maximum absolute atomic E-state index is 13.6. The van der Waals surface area contributed by atoms with E-state index < -0.39 is 53.3 Å². The molecule has 0 amide bonds. The molecule has 0 unspecified atom stereocenters. The molecule has 2 heterocycles. The van der Waals surface area contributed by atoms with Crippen molar-refractivity contribution in [2.75, 3.05) is 0 Å². The van der Waals surface area contributed by atoms with Crippen LogP contribution in [0.3, 0.4) is 0 Å². The van der Waals surface area contributed by atoms with E-state index in [2.05, 4.69) is 10.1 Å². The molecule has 3 aliphatic rings. The predicted molar refractivity (Wildman–Crippen MR) is 135 cm³/mol. The van der Waals surface area contributed by atoms with E-state index in [-0.39, 0.29) is 18.6 Å². The molecule has 4 atom stereocenters. The van der Waals surface area contributed by atoms with Crippen molar-refractivity contribution in [2.24, 2.45) is 11.8 Å². The monoisotopic (exact) mass is 600 g/mol. The van der Waals surface area contributed by atoms with E-state index in [9.17, 15) is 23.1 Å². The van der Waals surface area contributed by atoms with Gasteiger partial charge in [-0.25, -0.2) is 4.98 Å². The molecule has 13 heteroatoms. The van der Waals surface area contributed by atoms with E-state index >= 15 is 0 Å². The van der Waals surface area contributed by atoms with Crippen molar-refractivity contribution in [3.05, 3.63) is 56.9 Å². The number of benzene rings is 1. The highest BCUT2D eigenvalue weighted by Gasteiger charge is 2.58. The summed E-state index contributed by atoms with van der Waals surface area (Å²) in [5, 5.41) is 25.8. The van der Waals surface area contributed by atoms with Gasteiger partial charge < -0.3 is 23.9 Å². The van der Waals surface area contributed by atoms with Crippen molar-refractivity contribution in [1.82, 2.24) is 10.1 Å². The summed E-state index contributed by atoms with van der Waals surface area (Å²) in [6, 6.07) is 5.17. The smallest absolute Gasteiger partial charge is 0.451 e. The molecule has 0 radical (unpaired) electrons. The predicted octanol–water partition coefficient (Wildman–Crippen LogP) is 6.75. The van der Waals surface area contributed by atoms with E-state index in [0.717, 1.165) is 24.2 Å². The number of halogens is 5. The summed E-state index contributed by atoms with van der Waals surface area (Å²) >= 11 is 12.9. The number of nitrogens with zero attached hydrogens (tertiary/aromatic N) is 2. The Balaban J connectivity index is 1.23. The fraction of sp³-hybridized carbons (Fsp3) is 0.519. The van der Waals surface area contributed by atoms with Crippen LogP contribution in [-0.4, -0.2) is 32.4 Å². The lowest BCUT2D eigenvalue weighted by molar-refractivity contribution is -0.161. The first-order valence-corrected chi connectivity index (χ1v) is 13.8. The van der Waals surface area contributed by atoms with Crippen molar-refractivity contribution in [2.45, 2.75) is 75.4 Å². The topological polar surface area (TPSA) is 119 Å². The molecule has 0 aliphatic heterocycles. The van der Waals surface area contributed by atoms with E-state index in [1.165, 1.54) is 0 Å². The van der Waals surface area contributed by atoms with Crippen LogP contribution in [0.15, 0.2) is 27.1 Å². The second kappa shape index (κ2) is 10.0. The number of alkyl halides is 3. The van der Waals surface area contributed by atoms with Crippen LogP contribution in [0.4, 0.5) is 13.2 Å². The minimum absolute atomic E-state index is 0.161. The number of aromatic nitrogens is 2. The van der Waals surface area contributed by atoms with Gasteiger partial charge in [0.2, 0.25) is 11.7 Å². The molecule has 3 fully saturated rings. The Hall–Kier alpha value is -2.60. The summed E-state index contributed by atoms with van der Waals surface area (Å²) < 4.78 is 57.7. The van der Waals surface area contributed by atoms with Crippen molar-refractivity contribution < 1.29 is 41.9 Å². The first-order chi connectivity index (χ1) is 19.0. The molecule has 2 aromatic heterocycles. The molecule has 40 heavy (non-hydrogen) atoms. The van der Waals surface area contributed by atoms with Gasteiger partial charge in [0.1, 0.15) is 22.7 Å². The van der Waals surface area contributed by atoms with Crippen LogP contribution < -0.4 is 0 Å². The van der Waals surface area contributed by atoms with E-state index in [1.807, 2.05) is 0 Å². The number of carboxylic acids is 1. The molecule has 214 valence electrons. The Bertz CT molecular complexity index is 1420. The molecule has 2 bridgehead atoms. The van der Waals surface area contributed by atoms with E-state index in [0.29, 0.717) is 47.0 Å². The Morgan fingerprint density at radius 1 is 1.12 bits per heavy atom. The minimum atomic E-state index is -4.94. The van der Waals surface area contributed by atoms with Crippen LogP contribution in [-0.2, 0) is 34.3 Å². The van der Waals surface area contributed by atoms with Gasteiger partial charge in [-0.3, -0.25) is 4.79 Å². The quantitative estimate of drug-likeness (QED) is 0.291. The second-order valence-electron chi connectivity index (χ2n) is 10.8. The van der Waals surface area contributed by atoms with Crippen LogP contribution in [0.2, 0.25) is 10.0 Å². The molecule has 8 nitrogen and oxygen atoms in total. The van der Waals surface area contributed by atoms with Gasteiger partial charge in [-0.05, 0) is 62.5 Å². The van der Waals surface area contributed by atoms with Gasteiger partial charge in [0.15, 0.2) is 0 Å². The molecular weight excluding hydrogens is 576 g/mol. The lowest BCUT2D eigenvalue weighted by Crippen LogP contribution is -2.44. The third-order valence-corrected chi connectivity index (χ3v) is 8.88. The van der Waals surface area contributed by atoms with Crippen LogP contribution in [0.1, 0.15) is 73.1 Å². The number of hydrogen-bond acceptors (Lipinski definition) is 7. The molecular formula is C27H25Cl2F3N2O6. The van der Waals surface area contributed by atoms with Crippen LogP contribution in [0.5, 0.6) is 0 Å². The SMILES string of the molecule is O=C(O)Cc1nc([C@@]2(O)[C@@H]3CC[C@H]2C[C@@H](OCc2c(-c4c(Cl)cccc4Cl)noc2C2CC2)C3)oc1C(F)(F)F. The molecule has 0 saturated heterocycles. The Kier molecular flexibility index (Phi) is 6.92. The average molecular weight is 601 g/mol. The van der Waals surface area contributed by atoms with Crippen molar-refractivity contribution in [3.63, 3.8) is 0 Å². The average Bonchev–Trinajstić information content (AvgIpc) is 3.46. The summed E-state index contributed by atoms with van der Waals surface area (Å²) in [5.74, 6) is -3.43. The number of aliphatic hydroxyl groups is 1. The van der Waals surface area contributed by atoms with Crippen molar-refractivity contribution in [1.29, 1.82) is 0 Å². The zero-order valence-corrected chi connectivity index (χ0v) is 22.5. The van der Waals surface area contributed by atoms with Crippen molar-refractivity contribution in [3.8, 4) is 11.3 Å². The first-order valence-electron chi connectivity index (χ1n) is 13.0. The summed E-state index contributed by atoms with van der Waals surface area (Å²) in [4.78, 5) is 15.0. The molecule has 3 saturated carbocycles. The van der Waals surface area contributed by atoms with Crippen LogP contribution in [0.25, 0.3) is 11.3 Å². The van der Waals surface area contributed by atoms with Crippen LogP contribution in [0, 0.1) is 11.8 Å². The summed E-state index contributed by atoms with van der Waals surface area (Å²) in [7, 11) is 0. The highest BCUT2D eigenvalue weighted by atomic mass is 35.5. The highest BCUT2D eigenvalue weighted by molar-refractivity contribution is 6.39. The lowest BCUT2D eigenvalue weighted by Gasteiger charge is -2.40. The third-order valence-electron chi connectivity index (χ3n) is 8.25. The van der Waals surface area contributed by atoms with E-state index in [1.54, 1.807) is 18.2 Å². The molecule has 6 rings (SSSR count). The second-order valence-corrected chi connectivity index (χ2v) is 11.6. The molecule has 2 N–H and O–H groups in total. The largest absolute Gasteiger partial charge is 0.481 e. The number of ether oxygens (including phenoxy) is 1. The van der Waals surface area contributed by atoms with Gasteiger partial charge in [0, 0.05) is 17.0 Å². The number of oxazole rings is 1. The Morgan fingerprint density at radius 3 is 2.35 bits per heavy atom. The summed E-state index contributed by atoms with van der Waals surface area (Å²) in [6.07, 6.45) is -2.46. The minimum Gasteiger partial charge on any atom is -0.481 e. The number of rotatable bonds is 8. The van der Waals surface area contributed by atoms with Gasteiger partial charge in [-0.2, -0.15) is 13.2 Å². The number of aliphatic carboxylic acids is 1. The van der Waals surface area contributed by atoms with E-state index in [4.69, 9.17) is 42.0 Å².